The number of anilines is 2. The second-order valence-corrected chi connectivity index (χ2v) is 7.38. The van der Waals surface area contributed by atoms with Crippen LogP contribution in [-0.4, -0.2) is 17.7 Å². The SMILES string of the molecule is CCC(NC(=O)C(=O)Nc1ccc(NC(C)=O)cc1)c1ccc2c(c1)CCCC2. The van der Waals surface area contributed by atoms with Gasteiger partial charge in [0.15, 0.2) is 0 Å². The predicted molar refractivity (Wildman–Crippen MR) is 114 cm³/mol. The summed E-state index contributed by atoms with van der Waals surface area (Å²) in [6.07, 6.45) is 5.31. The molecule has 0 saturated heterocycles. The summed E-state index contributed by atoms with van der Waals surface area (Å²) in [4.78, 5) is 35.8. The summed E-state index contributed by atoms with van der Waals surface area (Å²) in [5.41, 5.74) is 4.89. The Morgan fingerprint density at radius 2 is 1.48 bits per heavy atom. The van der Waals surface area contributed by atoms with Gasteiger partial charge < -0.3 is 16.0 Å². The number of nitrogens with one attached hydrogen (secondary N) is 3. The smallest absolute Gasteiger partial charge is 0.313 e. The van der Waals surface area contributed by atoms with Gasteiger partial charge in [0.25, 0.3) is 0 Å². The van der Waals surface area contributed by atoms with Gasteiger partial charge in [0.1, 0.15) is 0 Å². The number of fused-ring (bicyclic) bond motifs is 1. The van der Waals surface area contributed by atoms with Crippen LogP contribution < -0.4 is 16.0 Å². The number of carbonyl (C=O) groups is 3. The third-order valence-electron chi connectivity index (χ3n) is 5.16. The van der Waals surface area contributed by atoms with Gasteiger partial charge in [-0.15, -0.1) is 0 Å². The van der Waals surface area contributed by atoms with E-state index in [9.17, 15) is 14.4 Å². The van der Waals surface area contributed by atoms with Crippen LogP contribution in [0.3, 0.4) is 0 Å². The summed E-state index contributed by atoms with van der Waals surface area (Å²) in [5, 5.41) is 8.08. The van der Waals surface area contributed by atoms with E-state index < -0.39 is 11.8 Å². The van der Waals surface area contributed by atoms with E-state index in [4.69, 9.17) is 0 Å². The van der Waals surface area contributed by atoms with Crippen molar-refractivity contribution in [3.8, 4) is 0 Å². The summed E-state index contributed by atoms with van der Waals surface area (Å²) in [7, 11) is 0. The fourth-order valence-corrected chi connectivity index (χ4v) is 3.64. The van der Waals surface area contributed by atoms with Crippen LogP contribution in [0.15, 0.2) is 42.5 Å². The highest BCUT2D eigenvalue weighted by Crippen LogP contribution is 2.26. The van der Waals surface area contributed by atoms with Crippen molar-refractivity contribution in [2.45, 2.75) is 52.0 Å². The second-order valence-electron chi connectivity index (χ2n) is 7.38. The monoisotopic (exact) mass is 393 g/mol. The molecular weight excluding hydrogens is 366 g/mol. The minimum absolute atomic E-state index is 0.172. The maximum absolute atomic E-state index is 12.4. The molecule has 0 aliphatic heterocycles. The van der Waals surface area contributed by atoms with Gasteiger partial charge in [0.2, 0.25) is 5.91 Å². The molecule has 1 aliphatic carbocycles. The van der Waals surface area contributed by atoms with Gasteiger partial charge in [-0.2, -0.15) is 0 Å². The lowest BCUT2D eigenvalue weighted by molar-refractivity contribution is -0.136. The Bertz CT molecular complexity index is 906. The molecule has 0 heterocycles. The molecule has 1 unspecified atom stereocenters. The fourth-order valence-electron chi connectivity index (χ4n) is 3.64. The van der Waals surface area contributed by atoms with Crippen molar-refractivity contribution in [1.82, 2.24) is 5.32 Å². The number of hydrogen-bond acceptors (Lipinski definition) is 3. The highest BCUT2D eigenvalue weighted by Gasteiger charge is 2.20. The van der Waals surface area contributed by atoms with Crippen LogP contribution in [0.25, 0.3) is 0 Å². The average molecular weight is 393 g/mol. The minimum atomic E-state index is -0.714. The number of carbonyl (C=O) groups excluding carboxylic acids is 3. The second kappa shape index (κ2) is 9.37. The molecule has 6 heteroatoms. The zero-order chi connectivity index (χ0) is 20.8. The first-order valence-electron chi connectivity index (χ1n) is 10.1. The van der Waals surface area contributed by atoms with Crippen molar-refractivity contribution in [1.29, 1.82) is 0 Å². The molecule has 3 N–H and O–H groups in total. The molecule has 0 fully saturated rings. The Hall–Kier alpha value is -3.15. The Balaban J connectivity index is 1.61. The normalized spacial score (nSPS) is 13.7. The zero-order valence-electron chi connectivity index (χ0n) is 16.9. The Kier molecular flexibility index (Phi) is 6.65. The maximum atomic E-state index is 12.4. The topological polar surface area (TPSA) is 87.3 Å². The van der Waals surface area contributed by atoms with Gasteiger partial charge in [0, 0.05) is 18.3 Å². The number of rotatable bonds is 5. The van der Waals surface area contributed by atoms with E-state index in [1.807, 2.05) is 6.92 Å². The van der Waals surface area contributed by atoms with Crippen LogP contribution in [-0.2, 0) is 27.2 Å². The molecule has 152 valence electrons. The molecule has 3 amide bonds. The lowest BCUT2D eigenvalue weighted by Gasteiger charge is -2.21. The van der Waals surface area contributed by atoms with Crippen molar-refractivity contribution >= 4 is 29.1 Å². The first kappa shape index (κ1) is 20.6. The summed E-state index contributed by atoms with van der Waals surface area (Å²) < 4.78 is 0. The van der Waals surface area contributed by atoms with Crippen LogP contribution in [0.5, 0.6) is 0 Å². The fraction of sp³-hybridized carbons (Fsp3) is 0.348. The van der Waals surface area contributed by atoms with E-state index in [-0.39, 0.29) is 11.9 Å². The van der Waals surface area contributed by atoms with Crippen molar-refractivity contribution in [2.24, 2.45) is 0 Å². The maximum Gasteiger partial charge on any atom is 0.313 e. The first-order chi connectivity index (χ1) is 14.0. The quantitative estimate of drug-likeness (QED) is 0.677. The van der Waals surface area contributed by atoms with Crippen LogP contribution >= 0.6 is 0 Å². The van der Waals surface area contributed by atoms with Crippen LogP contribution in [0.2, 0.25) is 0 Å². The zero-order valence-corrected chi connectivity index (χ0v) is 16.9. The number of aryl methyl sites for hydroxylation is 2. The molecule has 29 heavy (non-hydrogen) atoms. The van der Waals surface area contributed by atoms with E-state index in [2.05, 4.69) is 34.1 Å². The van der Waals surface area contributed by atoms with Gasteiger partial charge in [0.05, 0.1) is 6.04 Å². The highest BCUT2D eigenvalue weighted by atomic mass is 16.2. The molecule has 2 aromatic rings. The molecule has 0 radical (unpaired) electrons. The highest BCUT2D eigenvalue weighted by molar-refractivity contribution is 6.39. The van der Waals surface area contributed by atoms with Crippen LogP contribution in [0.1, 0.15) is 55.8 Å². The standard InChI is InChI=1S/C23H27N3O3/c1-3-21(18-9-8-16-6-4-5-7-17(16)14-18)26-23(29)22(28)25-20-12-10-19(11-13-20)24-15(2)27/h8-14,21H,3-7H2,1-2H3,(H,24,27)(H,25,28)(H,26,29). The first-order valence-corrected chi connectivity index (χ1v) is 10.1. The number of hydrogen-bond donors (Lipinski definition) is 3. The van der Waals surface area contributed by atoms with E-state index in [0.29, 0.717) is 17.8 Å². The van der Waals surface area contributed by atoms with E-state index >= 15 is 0 Å². The summed E-state index contributed by atoms with van der Waals surface area (Å²) in [5.74, 6) is -1.55. The Morgan fingerprint density at radius 3 is 2.10 bits per heavy atom. The third kappa shape index (κ3) is 5.44. The summed E-state index contributed by atoms with van der Waals surface area (Å²) in [6.45, 7) is 3.41. The Morgan fingerprint density at radius 1 is 0.862 bits per heavy atom. The predicted octanol–water partition coefficient (Wildman–Crippen LogP) is 3.73. The lowest BCUT2D eigenvalue weighted by atomic mass is 9.89. The molecule has 6 nitrogen and oxygen atoms in total. The lowest BCUT2D eigenvalue weighted by Crippen LogP contribution is -2.37. The van der Waals surface area contributed by atoms with Gasteiger partial charge in [-0.05, 0) is 73.1 Å². The van der Waals surface area contributed by atoms with Gasteiger partial charge >= 0.3 is 11.8 Å². The molecule has 0 spiro atoms. The molecule has 1 aliphatic rings. The molecular formula is C23H27N3O3. The van der Waals surface area contributed by atoms with E-state index in [1.54, 1.807) is 24.3 Å². The van der Waals surface area contributed by atoms with Crippen molar-refractivity contribution < 1.29 is 14.4 Å². The van der Waals surface area contributed by atoms with Gasteiger partial charge in [-0.25, -0.2) is 0 Å². The van der Waals surface area contributed by atoms with E-state index in [0.717, 1.165) is 18.4 Å². The average Bonchev–Trinajstić information content (AvgIpc) is 2.72. The van der Waals surface area contributed by atoms with Crippen molar-refractivity contribution in [2.75, 3.05) is 10.6 Å². The third-order valence-corrected chi connectivity index (χ3v) is 5.16. The van der Waals surface area contributed by atoms with Crippen molar-refractivity contribution in [3.63, 3.8) is 0 Å². The number of amides is 3. The van der Waals surface area contributed by atoms with Crippen LogP contribution in [0.4, 0.5) is 11.4 Å². The summed E-state index contributed by atoms with van der Waals surface area (Å²) in [6, 6.07) is 12.8. The summed E-state index contributed by atoms with van der Waals surface area (Å²) >= 11 is 0. The largest absolute Gasteiger partial charge is 0.341 e. The molecule has 3 rings (SSSR count). The molecule has 2 aromatic carbocycles. The van der Waals surface area contributed by atoms with Gasteiger partial charge in [-0.1, -0.05) is 25.1 Å². The molecule has 1 atom stereocenters. The minimum Gasteiger partial charge on any atom is -0.341 e. The van der Waals surface area contributed by atoms with Gasteiger partial charge in [-0.3, -0.25) is 14.4 Å². The molecule has 0 saturated carbocycles. The Labute approximate surface area is 171 Å². The molecule has 0 bridgehead atoms. The molecule has 0 aromatic heterocycles. The van der Waals surface area contributed by atoms with E-state index in [1.165, 1.54) is 30.9 Å². The van der Waals surface area contributed by atoms with Crippen LogP contribution in [0, 0.1) is 0 Å². The number of benzene rings is 2. The van der Waals surface area contributed by atoms with Crippen molar-refractivity contribution in [3.05, 3.63) is 59.2 Å².